The van der Waals surface area contributed by atoms with Crippen LogP contribution in [0.1, 0.15) is 16.7 Å². The van der Waals surface area contributed by atoms with Gasteiger partial charge >= 0.3 is 0 Å². The van der Waals surface area contributed by atoms with Crippen LogP contribution in [0.25, 0.3) is 0 Å². The molecule has 0 fully saturated rings. The van der Waals surface area contributed by atoms with Gasteiger partial charge in [0.05, 0.1) is 0 Å². The zero-order valence-corrected chi connectivity index (χ0v) is 10.8. The van der Waals surface area contributed by atoms with Crippen molar-refractivity contribution in [1.82, 2.24) is 0 Å². The lowest BCUT2D eigenvalue weighted by Crippen LogP contribution is -1.86. The number of rotatable bonds is 2. The topological polar surface area (TPSA) is 0 Å². The molecule has 0 nitrogen and oxygen atoms in total. The van der Waals surface area contributed by atoms with Gasteiger partial charge in [0.2, 0.25) is 0 Å². The highest BCUT2D eigenvalue weighted by Crippen LogP contribution is 2.31. The first-order valence-electron chi connectivity index (χ1n) is 5.47. The molecule has 0 N–H and O–H groups in total. The molecule has 0 amide bonds. The second kappa shape index (κ2) is 4.75. The average Bonchev–Trinajstić information content (AvgIpc) is 2.27. The fraction of sp³-hybridized carbons (Fsp3) is 0.200. The Morgan fingerprint density at radius 2 is 1.38 bits per heavy atom. The summed E-state index contributed by atoms with van der Waals surface area (Å²) in [6, 6.07) is 15.1. The molecule has 0 aliphatic rings. The maximum atomic E-state index is 2.28. The van der Waals surface area contributed by atoms with Crippen molar-refractivity contribution in [2.45, 2.75) is 30.6 Å². The summed E-state index contributed by atoms with van der Waals surface area (Å²) < 4.78 is 0. The van der Waals surface area contributed by atoms with E-state index in [1.807, 2.05) is 11.8 Å². The molecule has 0 heterocycles. The van der Waals surface area contributed by atoms with Gasteiger partial charge in [-0.1, -0.05) is 36.0 Å². The van der Waals surface area contributed by atoms with Crippen LogP contribution < -0.4 is 0 Å². The van der Waals surface area contributed by atoms with Crippen molar-refractivity contribution < 1.29 is 0 Å². The highest BCUT2D eigenvalue weighted by molar-refractivity contribution is 7.99. The van der Waals surface area contributed by atoms with Crippen molar-refractivity contribution >= 4 is 11.8 Å². The lowest BCUT2D eigenvalue weighted by Gasteiger charge is -2.09. The molecule has 2 aromatic rings. The highest BCUT2D eigenvalue weighted by Gasteiger charge is 2.03. The molecule has 0 aliphatic carbocycles. The molecular formula is C15H16S. The van der Waals surface area contributed by atoms with Crippen LogP contribution in [0.4, 0.5) is 0 Å². The van der Waals surface area contributed by atoms with Crippen molar-refractivity contribution in [1.29, 1.82) is 0 Å². The van der Waals surface area contributed by atoms with Gasteiger partial charge in [0.1, 0.15) is 0 Å². The third-order valence-electron chi connectivity index (χ3n) is 2.76. The van der Waals surface area contributed by atoms with Crippen LogP contribution in [-0.2, 0) is 0 Å². The Kier molecular flexibility index (Phi) is 3.35. The molecule has 0 saturated carbocycles. The second-order valence-electron chi connectivity index (χ2n) is 4.12. The monoisotopic (exact) mass is 228 g/mol. The smallest absolute Gasteiger partial charge is 0.0154 e. The predicted molar refractivity (Wildman–Crippen MR) is 71.2 cm³/mol. The highest BCUT2D eigenvalue weighted by atomic mass is 32.2. The molecule has 0 aromatic heterocycles. The molecule has 2 rings (SSSR count). The summed E-state index contributed by atoms with van der Waals surface area (Å²) in [4.78, 5) is 2.66. The first kappa shape index (κ1) is 11.3. The van der Waals surface area contributed by atoms with E-state index in [0.29, 0.717) is 0 Å². The first-order valence-corrected chi connectivity index (χ1v) is 6.29. The quantitative estimate of drug-likeness (QED) is 0.714. The van der Waals surface area contributed by atoms with Gasteiger partial charge in [-0.05, 0) is 55.7 Å². The maximum Gasteiger partial charge on any atom is 0.0154 e. The van der Waals surface area contributed by atoms with E-state index in [1.54, 1.807) is 0 Å². The van der Waals surface area contributed by atoms with Crippen LogP contribution in [-0.4, -0.2) is 0 Å². The Bertz CT molecular complexity index is 486. The van der Waals surface area contributed by atoms with Crippen molar-refractivity contribution in [3.63, 3.8) is 0 Å². The summed E-state index contributed by atoms with van der Waals surface area (Å²) in [6.07, 6.45) is 0. The molecule has 16 heavy (non-hydrogen) atoms. The van der Waals surface area contributed by atoms with Gasteiger partial charge in [-0.3, -0.25) is 0 Å². The Labute approximate surface area is 102 Å². The minimum Gasteiger partial charge on any atom is -0.0898 e. The SMILES string of the molecule is Cc1cc(C)c(Sc2ccccc2)cc1C. The minimum atomic E-state index is 1.30. The lowest BCUT2D eigenvalue weighted by atomic mass is 10.1. The first-order chi connectivity index (χ1) is 7.66. The second-order valence-corrected chi connectivity index (χ2v) is 5.23. The maximum absolute atomic E-state index is 2.28. The standard InChI is InChI=1S/C15H16S/c1-11-9-13(3)15(10-12(11)2)16-14-7-5-4-6-8-14/h4-10H,1-3H3. The third kappa shape index (κ3) is 2.48. The predicted octanol–water partition coefficient (Wildman–Crippen LogP) is 4.76. The molecule has 0 aliphatic heterocycles. The van der Waals surface area contributed by atoms with Crippen LogP contribution in [0.3, 0.4) is 0 Å². The summed E-state index contributed by atoms with van der Waals surface area (Å²) in [5.41, 5.74) is 4.09. The van der Waals surface area contributed by atoms with Crippen LogP contribution in [0.15, 0.2) is 52.3 Å². The van der Waals surface area contributed by atoms with Crippen LogP contribution in [0.5, 0.6) is 0 Å². The van der Waals surface area contributed by atoms with E-state index in [9.17, 15) is 0 Å². The van der Waals surface area contributed by atoms with Crippen LogP contribution >= 0.6 is 11.8 Å². The molecule has 0 atom stereocenters. The van der Waals surface area contributed by atoms with Crippen LogP contribution in [0, 0.1) is 20.8 Å². The van der Waals surface area contributed by atoms with Crippen LogP contribution in [0.2, 0.25) is 0 Å². The Balaban J connectivity index is 2.32. The summed E-state index contributed by atoms with van der Waals surface area (Å²) >= 11 is 1.84. The normalized spacial score (nSPS) is 10.4. The zero-order chi connectivity index (χ0) is 11.5. The van der Waals surface area contributed by atoms with E-state index in [0.717, 1.165) is 0 Å². The minimum absolute atomic E-state index is 1.30. The average molecular weight is 228 g/mol. The molecule has 1 heteroatoms. The molecule has 82 valence electrons. The molecule has 0 unspecified atom stereocenters. The summed E-state index contributed by atoms with van der Waals surface area (Å²) in [5.74, 6) is 0. The molecule has 0 saturated heterocycles. The van der Waals surface area contributed by atoms with Gasteiger partial charge < -0.3 is 0 Å². The number of hydrogen-bond acceptors (Lipinski definition) is 1. The number of hydrogen-bond donors (Lipinski definition) is 0. The van der Waals surface area contributed by atoms with Gasteiger partial charge in [-0.2, -0.15) is 0 Å². The van der Waals surface area contributed by atoms with Crippen molar-refractivity contribution in [3.8, 4) is 0 Å². The molecule has 0 bridgehead atoms. The third-order valence-corrected chi connectivity index (χ3v) is 3.93. The van der Waals surface area contributed by atoms with Gasteiger partial charge in [-0.15, -0.1) is 0 Å². The lowest BCUT2D eigenvalue weighted by molar-refractivity contribution is 1.21. The van der Waals surface area contributed by atoms with E-state index in [2.05, 4.69) is 63.2 Å². The number of benzene rings is 2. The Morgan fingerprint density at radius 1 is 0.750 bits per heavy atom. The largest absolute Gasteiger partial charge is 0.0898 e. The van der Waals surface area contributed by atoms with E-state index in [-0.39, 0.29) is 0 Å². The summed E-state index contributed by atoms with van der Waals surface area (Å²) in [7, 11) is 0. The van der Waals surface area contributed by atoms with Gasteiger partial charge in [-0.25, -0.2) is 0 Å². The van der Waals surface area contributed by atoms with Crippen molar-refractivity contribution in [3.05, 3.63) is 59.2 Å². The molecule has 2 aromatic carbocycles. The van der Waals surface area contributed by atoms with Crippen molar-refractivity contribution in [2.24, 2.45) is 0 Å². The van der Waals surface area contributed by atoms with E-state index in [4.69, 9.17) is 0 Å². The zero-order valence-electron chi connectivity index (χ0n) is 9.95. The fourth-order valence-electron chi connectivity index (χ4n) is 1.66. The molecule has 0 radical (unpaired) electrons. The Morgan fingerprint density at radius 3 is 2.06 bits per heavy atom. The molecular weight excluding hydrogens is 212 g/mol. The van der Waals surface area contributed by atoms with E-state index >= 15 is 0 Å². The van der Waals surface area contributed by atoms with Gasteiger partial charge in [0, 0.05) is 9.79 Å². The molecule has 0 spiro atoms. The fourth-order valence-corrected chi connectivity index (χ4v) is 2.66. The van der Waals surface area contributed by atoms with Crippen molar-refractivity contribution in [2.75, 3.05) is 0 Å². The van der Waals surface area contributed by atoms with Gasteiger partial charge in [0.25, 0.3) is 0 Å². The summed E-state index contributed by atoms with van der Waals surface area (Å²) in [6.45, 7) is 6.51. The summed E-state index contributed by atoms with van der Waals surface area (Å²) in [5, 5.41) is 0. The van der Waals surface area contributed by atoms with E-state index < -0.39 is 0 Å². The van der Waals surface area contributed by atoms with Gasteiger partial charge in [0.15, 0.2) is 0 Å². The number of aryl methyl sites for hydroxylation is 3. The van der Waals surface area contributed by atoms with E-state index in [1.165, 1.54) is 26.5 Å². The Hall–Kier alpha value is -1.21.